The van der Waals surface area contributed by atoms with Crippen molar-refractivity contribution in [2.45, 2.75) is 74.7 Å². The molecule has 0 heterocycles. The van der Waals surface area contributed by atoms with Crippen LogP contribution in [0.5, 0.6) is 0 Å². The molecule has 0 atom stereocenters. The van der Waals surface area contributed by atoms with Gasteiger partial charge >= 0.3 is 0 Å². The molecule has 2 aromatic carbocycles. The summed E-state index contributed by atoms with van der Waals surface area (Å²) in [4.78, 5) is 0. The third kappa shape index (κ3) is 19.0. The summed E-state index contributed by atoms with van der Waals surface area (Å²) >= 11 is 0. The number of alkyl halides is 1. The van der Waals surface area contributed by atoms with Gasteiger partial charge in [-0.3, -0.25) is 4.39 Å². The third-order valence-corrected chi connectivity index (χ3v) is 4.12. The molecule has 0 aromatic heterocycles. The van der Waals surface area contributed by atoms with Gasteiger partial charge in [0.05, 0.1) is 6.67 Å². The molecule has 29 heavy (non-hydrogen) atoms. The van der Waals surface area contributed by atoms with Crippen LogP contribution in [0, 0.1) is 20.8 Å². The molecule has 0 bridgehead atoms. The molecule has 2 aromatic rings. The van der Waals surface area contributed by atoms with Crippen molar-refractivity contribution in [3.8, 4) is 0 Å². The zero-order valence-electron chi connectivity index (χ0n) is 20.1. The highest BCUT2D eigenvalue weighted by molar-refractivity contribution is 5.63. The zero-order valence-corrected chi connectivity index (χ0v) is 20.1. The lowest BCUT2D eigenvalue weighted by Gasteiger charge is -1.99. The third-order valence-electron chi connectivity index (χ3n) is 4.12. The van der Waals surface area contributed by atoms with E-state index >= 15 is 0 Å². The number of hydrogen-bond acceptors (Lipinski definition) is 0. The Morgan fingerprint density at radius 1 is 0.828 bits per heavy atom. The number of hydrogen-bond donors (Lipinski definition) is 0. The Morgan fingerprint density at radius 2 is 1.17 bits per heavy atom. The Bertz CT molecular complexity index is 639. The van der Waals surface area contributed by atoms with Gasteiger partial charge in [0.25, 0.3) is 0 Å². The summed E-state index contributed by atoms with van der Waals surface area (Å²) in [6.45, 7) is 19.8. The largest absolute Gasteiger partial charge is 0.251 e. The van der Waals surface area contributed by atoms with Crippen LogP contribution in [0.25, 0.3) is 5.57 Å². The molecule has 0 fully saturated rings. The number of rotatable bonds is 4. The highest BCUT2D eigenvalue weighted by Gasteiger charge is 1.91. The Labute approximate surface area is 180 Å². The number of unbranched alkanes of at least 4 members (excludes halogenated alkanes) is 1. The first-order valence-corrected chi connectivity index (χ1v) is 10.6. The minimum absolute atomic E-state index is 0.250. The van der Waals surface area contributed by atoms with Crippen LogP contribution >= 0.6 is 0 Å². The molecule has 0 aliphatic heterocycles. The number of halogens is 1. The summed E-state index contributed by atoms with van der Waals surface area (Å²) in [7, 11) is 0. The van der Waals surface area contributed by atoms with Gasteiger partial charge in [-0.25, -0.2) is 0 Å². The van der Waals surface area contributed by atoms with Crippen molar-refractivity contribution in [2.24, 2.45) is 0 Å². The molecule has 0 saturated heterocycles. The van der Waals surface area contributed by atoms with E-state index in [0.717, 1.165) is 0 Å². The lowest BCUT2D eigenvalue weighted by molar-refractivity contribution is 0.527. The van der Waals surface area contributed by atoms with E-state index in [1.807, 2.05) is 0 Å². The van der Waals surface area contributed by atoms with Crippen LogP contribution < -0.4 is 0 Å². The van der Waals surface area contributed by atoms with Gasteiger partial charge in [0.2, 0.25) is 0 Å². The van der Waals surface area contributed by atoms with Crippen molar-refractivity contribution in [1.82, 2.24) is 0 Å². The molecule has 0 spiro atoms. The second-order valence-electron chi connectivity index (χ2n) is 7.32. The van der Waals surface area contributed by atoms with E-state index in [2.05, 4.69) is 110 Å². The predicted octanol–water partition coefficient (Wildman–Crippen LogP) is 9.45. The highest BCUT2D eigenvalue weighted by atomic mass is 19.1. The summed E-state index contributed by atoms with van der Waals surface area (Å²) < 4.78 is 10.3. The van der Waals surface area contributed by atoms with E-state index in [-0.39, 0.29) is 6.67 Å². The van der Waals surface area contributed by atoms with E-state index in [0.29, 0.717) is 0 Å². The summed E-state index contributed by atoms with van der Waals surface area (Å²) in [5.41, 5.74) is 7.94. The van der Waals surface area contributed by atoms with Crippen LogP contribution in [-0.4, -0.2) is 6.67 Å². The van der Waals surface area contributed by atoms with Gasteiger partial charge in [-0.1, -0.05) is 90.2 Å². The maximum Gasteiger partial charge on any atom is 0.0866 e. The van der Waals surface area contributed by atoms with Gasteiger partial charge < -0.3 is 0 Å². The van der Waals surface area contributed by atoms with Crippen LogP contribution in [0.15, 0.2) is 66.8 Å². The Balaban J connectivity index is 0. The zero-order chi connectivity index (χ0) is 22.7. The summed E-state index contributed by atoms with van der Waals surface area (Å²) in [5, 5.41) is 0. The molecule has 0 unspecified atom stereocenters. The van der Waals surface area contributed by atoms with Gasteiger partial charge in [0, 0.05) is 0 Å². The van der Waals surface area contributed by atoms with Crippen molar-refractivity contribution < 1.29 is 4.39 Å². The molecule has 2 rings (SSSR count). The minimum atomic E-state index is -0.250. The fourth-order valence-electron chi connectivity index (χ4n) is 2.10. The smallest absolute Gasteiger partial charge is 0.0866 e. The second kappa shape index (κ2) is 19.2. The monoisotopic (exact) mass is 398 g/mol. The fraction of sp³-hybridized carbons (Fsp3) is 0.429. The van der Waals surface area contributed by atoms with Gasteiger partial charge in [-0.15, -0.1) is 6.58 Å². The predicted molar refractivity (Wildman–Crippen MR) is 132 cm³/mol. The van der Waals surface area contributed by atoms with Crippen LogP contribution in [-0.2, 0) is 0 Å². The van der Waals surface area contributed by atoms with Crippen molar-refractivity contribution in [3.63, 3.8) is 0 Å². The first-order chi connectivity index (χ1) is 13.7. The normalized spacial score (nSPS) is 9.76. The molecule has 0 aliphatic rings. The topological polar surface area (TPSA) is 0 Å². The molecular formula is C28H43F. The Morgan fingerprint density at radius 3 is 1.41 bits per heavy atom. The van der Waals surface area contributed by atoms with Crippen LogP contribution in [0.1, 0.15) is 76.1 Å². The Hall–Kier alpha value is -2.15. The lowest BCUT2D eigenvalue weighted by atomic mass is 10.1. The van der Waals surface area contributed by atoms with Crippen molar-refractivity contribution >= 4 is 5.57 Å². The average molecular weight is 399 g/mol. The molecule has 1 heteroatoms. The molecule has 0 saturated carbocycles. The van der Waals surface area contributed by atoms with Crippen LogP contribution in [0.3, 0.4) is 0 Å². The number of benzene rings is 2. The van der Waals surface area contributed by atoms with E-state index in [9.17, 15) is 4.39 Å². The quantitative estimate of drug-likeness (QED) is 0.450. The summed E-state index contributed by atoms with van der Waals surface area (Å²) in [6.07, 6.45) is 5.92. The molecule has 0 aliphatic carbocycles. The van der Waals surface area contributed by atoms with Gasteiger partial charge in [-0.05, 0) is 72.4 Å². The maximum absolute atomic E-state index is 10.3. The number of allylic oxidation sites excluding steroid dienone is 3. The standard InChI is InChI=1S/C11H14.C8H10.C7H14.C2H5F/c1-4-10(3)11-7-5-9(2)6-8-11;1-7-3-5-8(2)6-4-7;1-4-5-6-7(2)3;1-2-3/h4-8H,1-3H3;3-6H,1-2H3;2,4-6H2,1,3H3;2H2,1H3/b10-4+;;;. The first kappa shape index (κ1) is 29.1. The molecule has 0 radical (unpaired) electrons. The van der Waals surface area contributed by atoms with E-state index in [4.69, 9.17) is 0 Å². The molecule has 0 amide bonds. The molecule has 0 nitrogen and oxygen atoms in total. The summed E-state index contributed by atoms with van der Waals surface area (Å²) in [6, 6.07) is 17.1. The van der Waals surface area contributed by atoms with Crippen LogP contribution in [0.2, 0.25) is 0 Å². The Kier molecular flexibility index (Phi) is 19.2. The SMILES string of the molecule is C/C=C(\C)c1ccc(C)cc1.C=C(C)CCCC.CCF.Cc1ccc(C)cc1. The van der Waals surface area contributed by atoms with Gasteiger partial charge in [-0.2, -0.15) is 0 Å². The van der Waals surface area contributed by atoms with Gasteiger partial charge in [0.15, 0.2) is 0 Å². The highest BCUT2D eigenvalue weighted by Crippen LogP contribution is 2.13. The first-order valence-electron chi connectivity index (χ1n) is 10.6. The molecular weight excluding hydrogens is 355 g/mol. The lowest BCUT2D eigenvalue weighted by Crippen LogP contribution is -1.78. The van der Waals surface area contributed by atoms with Crippen molar-refractivity contribution in [1.29, 1.82) is 0 Å². The summed E-state index contributed by atoms with van der Waals surface area (Å²) in [5.74, 6) is 0. The van der Waals surface area contributed by atoms with Gasteiger partial charge in [0.1, 0.15) is 0 Å². The average Bonchev–Trinajstić information content (AvgIpc) is 2.70. The van der Waals surface area contributed by atoms with E-state index in [1.54, 1.807) is 0 Å². The second-order valence-corrected chi connectivity index (χ2v) is 7.32. The van der Waals surface area contributed by atoms with Crippen molar-refractivity contribution in [2.75, 3.05) is 6.67 Å². The minimum Gasteiger partial charge on any atom is -0.251 e. The molecule has 162 valence electrons. The maximum atomic E-state index is 10.3. The number of aryl methyl sites for hydroxylation is 3. The van der Waals surface area contributed by atoms with E-state index in [1.165, 1.54) is 59.6 Å². The van der Waals surface area contributed by atoms with Crippen molar-refractivity contribution in [3.05, 3.63) is 89.0 Å². The van der Waals surface area contributed by atoms with Crippen LogP contribution in [0.4, 0.5) is 4.39 Å². The van der Waals surface area contributed by atoms with E-state index < -0.39 is 0 Å². The molecule has 0 N–H and O–H groups in total. The fourth-order valence-corrected chi connectivity index (χ4v) is 2.10.